The molecular formula is C20H15ClF3N. The van der Waals surface area contributed by atoms with Crippen molar-refractivity contribution >= 4 is 17.3 Å². The minimum absolute atomic E-state index is 0.521. The van der Waals surface area contributed by atoms with Crippen LogP contribution in [0.3, 0.4) is 0 Å². The number of nitrogens with one attached hydrogen (secondary N) is 1. The van der Waals surface area contributed by atoms with E-state index >= 15 is 0 Å². The molecule has 0 spiro atoms. The van der Waals surface area contributed by atoms with E-state index in [0.717, 1.165) is 28.8 Å². The Hall–Kier alpha value is -2.46. The second-order valence-corrected chi connectivity index (χ2v) is 6.07. The second-order valence-electron chi connectivity index (χ2n) is 5.64. The van der Waals surface area contributed by atoms with Crippen LogP contribution in [0.25, 0.3) is 11.1 Å². The summed E-state index contributed by atoms with van der Waals surface area (Å²) in [6.07, 6.45) is -4.31. The number of benzene rings is 3. The number of alkyl halides is 3. The molecule has 3 aromatic rings. The third-order valence-electron chi connectivity index (χ3n) is 3.81. The number of rotatable bonds is 4. The van der Waals surface area contributed by atoms with Crippen LogP contribution in [0.5, 0.6) is 0 Å². The number of hydrogen-bond donors (Lipinski definition) is 1. The van der Waals surface area contributed by atoms with Gasteiger partial charge in [0, 0.05) is 17.3 Å². The lowest BCUT2D eigenvalue weighted by molar-refractivity contribution is -0.137. The maximum atomic E-state index is 12.6. The lowest BCUT2D eigenvalue weighted by Gasteiger charge is -2.10. The van der Waals surface area contributed by atoms with E-state index in [9.17, 15) is 13.2 Å². The largest absolute Gasteiger partial charge is 0.416 e. The van der Waals surface area contributed by atoms with Crippen molar-refractivity contribution in [3.63, 3.8) is 0 Å². The summed E-state index contributed by atoms with van der Waals surface area (Å²) in [7, 11) is 0. The zero-order valence-electron chi connectivity index (χ0n) is 13.1. The molecule has 0 radical (unpaired) electrons. The Bertz CT molecular complexity index is 840. The molecule has 0 heterocycles. The summed E-state index contributed by atoms with van der Waals surface area (Å²) >= 11 is 5.91. The van der Waals surface area contributed by atoms with Crippen molar-refractivity contribution in [3.8, 4) is 11.1 Å². The average molecular weight is 362 g/mol. The van der Waals surface area contributed by atoms with Crippen LogP contribution in [0.15, 0.2) is 72.8 Å². The summed E-state index contributed by atoms with van der Waals surface area (Å²) in [5.74, 6) is 0. The predicted octanol–water partition coefficient (Wildman–Crippen LogP) is 6.64. The van der Waals surface area contributed by atoms with Gasteiger partial charge in [-0.05, 0) is 59.2 Å². The molecule has 5 heteroatoms. The van der Waals surface area contributed by atoms with Crippen molar-refractivity contribution in [1.29, 1.82) is 0 Å². The fraction of sp³-hybridized carbons (Fsp3) is 0.100. The van der Waals surface area contributed by atoms with Gasteiger partial charge >= 0.3 is 6.18 Å². The van der Waals surface area contributed by atoms with Crippen molar-refractivity contribution in [1.82, 2.24) is 0 Å². The van der Waals surface area contributed by atoms with Crippen LogP contribution < -0.4 is 5.32 Å². The van der Waals surface area contributed by atoms with Crippen LogP contribution >= 0.6 is 11.6 Å². The minimum Gasteiger partial charge on any atom is -0.381 e. The highest BCUT2D eigenvalue weighted by Crippen LogP contribution is 2.30. The molecule has 1 nitrogen and oxygen atoms in total. The molecule has 128 valence electrons. The molecule has 3 rings (SSSR count). The van der Waals surface area contributed by atoms with E-state index in [0.29, 0.717) is 17.3 Å². The molecule has 0 aliphatic carbocycles. The van der Waals surface area contributed by atoms with E-state index in [2.05, 4.69) is 5.32 Å². The first-order valence-corrected chi connectivity index (χ1v) is 8.06. The van der Waals surface area contributed by atoms with Crippen LogP contribution in [-0.4, -0.2) is 0 Å². The van der Waals surface area contributed by atoms with Gasteiger partial charge in [0.1, 0.15) is 0 Å². The van der Waals surface area contributed by atoms with E-state index in [1.54, 1.807) is 0 Å². The monoisotopic (exact) mass is 361 g/mol. The Kier molecular flexibility index (Phi) is 5.00. The van der Waals surface area contributed by atoms with Crippen LogP contribution in [0.4, 0.5) is 18.9 Å². The molecule has 0 atom stereocenters. The van der Waals surface area contributed by atoms with E-state index in [1.165, 1.54) is 12.1 Å². The molecule has 3 aromatic carbocycles. The van der Waals surface area contributed by atoms with E-state index in [1.807, 2.05) is 48.5 Å². The van der Waals surface area contributed by atoms with Gasteiger partial charge in [-0.15, -0.1) is 0 Å². The van der Waals surface area contributed by atoms with Crippen molar-refractivity contribution in [2.45, 2.75) is 12.7 Å². The van der Waals surface area contributed by atoms with Crippen LogP contribution in [0.2, 0.25) is 5.02 Å². The molecule has 0 saturated heterocycles. The summed E-state index contributed by atoms with van der Waals surface area (Å²) < 4.78 is 37.7. The number of hydrogen-bond acceptors (Lipinski definition) is 1. The highest BCUT2D eigenvalue weighted by atomic mass is 35.5. The Morgan fingerprint density at radius 3 is 2.12 bits per heavy atom. The molecule has 0 aromatic heterocycles. The predicted molar refractivity (Wildman–Crippen MR) is 95.7 cm³/mol. The maximum Gasteiger partial charge on any atom is 0.416 e. The summed E-state index contributed by atoms with van der Waals surface area (Å²) in [5, 5.41) is 3.82. The van der Waals surface area contributed by atoms with Crippen molar-refractivity contribution in [2.75, 3.05) is 5.32 Å². The normalized spacial score (nSPS) is 11.4. The van der Waals surface area contributed by atoms with Crippen molar-refractivity contribution in [3.05, 3.63) is 88.9 Å². The Morgan fingerprint density at radius 1 is 0.800 bits per heavy atom. The Morgan fingerprint density at radius 2 is 1.48 bits per heavy atom. The average Bonchev–Trinajstić information content (AvgIpc) is 2.60. The third-order valence-corrected chi connectivity index (χ3v) is 4.07. The Balaban J connectivity index is 1.69. The van der Waals surface area contributed by atoms with Gasteiger partial charge in [-0.3, -0.25) is 0 Å². The summed E-state index contributed by atoms with van der Waals surface area (Å²) in [6.45, 7) is 0.521. The minimum atomic E-state index is -4.31. The van der Waals surface area contributed by atoms with Crippen LogP contribution in [0.1, 0.15) is 11.1 Å². The zero-order valence-corrected chi connectivity index (χ0v) is 13.9. The molecule has 0 aliphatic heterocycles. The first-order chi connectivity index (χ1) is 11.9. The topological polar surface area (TPSA) is 12.0 Å². The van der Waals surface area contributed by atoms with Crippen LogP contribution in [-0.2, 0) is 12.7 Å². The van der Waals surface area contributed by atoms with Gasteiger partial charge in [0.2, 0.25) is 0 Å². The summed E-state index contributed by atoms with van der Waals surface area (Å²) in [5.41, 5.74) is 3.14. The first kappa shape index (κ1) is 17.4. The standard InChI is InChI=1S/C20H15ClF3N/c21-18-8-4-15(5-9-18)16-3-1-2-14(12-16)13-25-19-10-6-17(7-11-19)20(22,23)24/h1-12,25H,13H2. The zero-order chi connectivity index (χ0) is 17.9. The lowest BCUT2D eigenvalue weighted by atomic mass is 10.0. The van der Waals surface area contributed by atoms with Gasteiger partial charge < -0.3 is 5.32 Å². The third kappa shape index (κ3) is 4.54. The van der Waals surface area contributed by atoms with Crippen LogP contribution in [0, 0.1) is 0 Å². The molecule has 0 unspecified atom stereocenters. The molecule has 0 aliphatic rings. The van der Waals surface area contributed by atoms with E-state index < -0.39 is 11.7 Å². The molecule has 25 heavy (non-hydrogen) atoms. The van der Waals surface area contributed by atoms with Gasteiger partial charge in [-0.25, -0.2) is 0 Å². The van der Waals surface area contributed by atoms with Gasteiger partial charge in [-0.2, -0.15) is 13.2 Å². The smallest absolute Gasteiger partial charge is 0.381 e. The van der Waals surface area contributed by atoms with Gasteiger partial charge in [-0.1, -0.05) is 41.9 Å². The SMILES string of the molecule is FC(F)(F)c1ccc(NCc2cccc(-c3ccc(Cl)cc3)c2)cc1. The Labute approximate surface area is 149 Å². The van der Waals surface area contributed by atoms with Gasteiger partial charge in [0.05, 0.1) is 5.56 Å². The van der Waals surface area contributed by atoms with Gasteiger partial charge in [0.15, 0.2) is 0 Å². The number of anilines is 1. The van der Waals surface area contributed by atoms with Crippen molar-refractivity contribution < 1.29 is 13.2 Å². The summed E-state index contributed by atoms with van der Waals surface area (Å²) in [4.78, 5) is 0. The molecule has 0 bridgehead atoms. The second kappa shape index (κ2) is 7.19. The maximum absolute atomic E-state index is 12.6. The fourth-order valence-corrected chi connectivity index (χ4v) is 2.61. The highest BCUT2D eigenvalue weighted by Gasteiger charge is 2.29. The molecule has 1 N–H and O–H groups in total. The summed E-state index contributed by atoms with van der Waals surface area (Å²) in [6, 6.07) is 20.6. The van der Waals surface area contributed by atoms with E-state index in [-0.39, 0.29) is 0 Å². The van der Waals surface area contributed by atoms with E-state index in [4.69, 9.17) is 11.6 Å². The molecular weight excluding hydrogens is 347 g/mol. The fourth-order valence-electron chi connectivity index (χ4n) is 2.48. The molecule has 0 saturated carbocycles. The quantitative estimate of drug-likeness (QED) is 0.549. The van der Waals surface area contributed by atoms with Crippen molar-refractivity contribution in [2.24, 2.45) is 0 Å². The first-order valence-electron chi connectivity index (χ1n) is 7.68. The molecule has 0 amide bonds. The van der Waals surface area contributed by atoms with Gasteiger partial charge in [0.25, 0.3) is 0 Å². The number of halogens is 4. The lowest BCUT2D eigenvalue weighted by Crippen LogP contribution is -2.05. The highest BCUT2D eigenvalue weighted by molar-refractivity contribution is 6.30. The molecule has 0 fully saturated rings.